The number of fused-ring (bicyclic) bond motifs is 1. The fourth-order valence-corrected chi connectivity index (χ4v) is 3.63. The molecule has 0 bridgehead atoms. The van der Waals surface area contributed by atoms with Crippen LogP contribution in [-0.2, 0) is 11.0 Å². The SMILES string of the molecule is O=C(CSc1nc(-c2ccccc2)nc2c(C(F)(F)F)cccc12)NC1CC1. The highest BCUT2D eigenvalue weighted by Crippen LogP contribution is 2.37. The third-order valence-corrected chi connectivity index (χ3v) is 5.30. The van der Waals surface area contributed by atoms with Crippen LogP contribution in [0.25, 0.3) is 22.3 Å². The van der Waals surface area contributed by atoms with Crippen LogP contribution in [0.1, 0.15) is 18.4 Å². The Kier molecular flexibility index (Phi) is 4.97. The van der Waals surface area contributed by atoms with E-state index in [1.807, 2.05) is 6.07 Å². The van der Waals surface area contributed by atoms with Crippen molar-refractivity contribution in [1.29, 1.82) is 0 Å². The molecule has 1 saturated carbocycles. The fourth-order valence-electron chi connectivity index (χ4n) is 2.81. The number of aromatic nitrogens is 2. The largest absolute Gasteiger partial charge is 0.418 e. The zero-order valence-electron chi connectivity index (χ0n) is 14.7. The van der Waals surface area contributed by atoms with Crippen molar-refractivity contribution in [3.05, 3.63) is 54.1 Å². The van der Waals surface area contributed by atoms with Crippen LogP contribution in [0.15, 0.2) is 53.6 Å². The van der Waals surface area contributed by atoms with Gasteiger partial charge in [-0.15, -0.1) is 0 Å². The number of nitrogens with one attached hydrogen (secondary N) is 1. The minimum absolute atomic E-state index is 0.0904. The minimum Gasteiger partial charge on any atom is -0.353 e. The lowest BCUT2D eigenvalue weighted by Gasteiger charge is -2.13. The first kappa shape index (κ1) is 18.7. The van der Waals surface area contributed by atoms with Crippen molar-refractivity contribution >= 4 is 28.6 Å². The average Bonchev–Trinajstić information content (AvgIpc) is 3.49. The normalized spacial score (nSPS) is 14.2. The van der Waals surface area contributed by atoms with Crippen molar-refractivity contribution in [3.8, 4) is 11.4 Å². The molecule has 4 nitrogen and oxygen atoms in total. The summed E-state index contributed by atoms with van der Waals surface area (Å²) < 4.78 is 40.6. The minimum atomic E-state index is -4.53. The Morgan fingerprint density at radius 2 is 1.82 bits per heavy atom. The monoisotopic (exact) mass is 403 g/mol. The summed E-state index contributed by atoms with van der Waals surface area (Å²) in [6.45, 7) is 0. The average molecular weight is 403 g/mol. The molecule has 8 heteroatoms. The van der Waals surface area contributed by atoms with Crippen molar-refractivity contribution in [2.24, 2.45) is 0 Å². The van der Waals surface area contributed by atoms with E-state index in [2.05, 4.69) is 15.3 Å². The van der Waals surface area contributed by atoms with Gasteiger partial charge in [0.25, 0.3) is 0 Å². The predicted molar refractivity (Wildman–Crippen MR) is 102 cm³/mol. The number of hydrogen-bond acceptors (Lipinski definition) is 4. The number of carbonyl (C=O) groups excluding carboxylic acids is 1. The van der Waals surface area contributed by atoms with Gasteiger partial charge in [-0.25, -0.2) is 9.97 Å². The molecule has 4 rings (SSSR count). The molecule has 0 atom stereocenters. The summed E-state index contributed by atoms with van der Waals surface area (Å²) in [7, 11) is 0. The predicted octanol–water partition coefficient (Wildman–Crippen LogP) is 4.69. The number of thioether (sulfide) groups is 1. The number of alkyl halides is 3. The van der Waals surface area contributed by atoms with E-state index in [0.717, 1.165) is 30.7 Å². The Morgan fingerprint density at radius 1 is 1.07 bits per heavy atom. The van der Waals surface area contributed by atoms with E-state index < -0.39 is 11.7 Å². The highest BCUT2D eigenvalue weighted by Gasteiger charge is 2.34. The Bertz CT molecular complexity index is 1020. The van der Waals surface area contributed by atoms with Gasteiger partial charge >= 0.3 is 6.18 Å². The summed E-state index contributed by atoms with van der Waals surface area (Å²) in [5.41, 5.74) is -0.353. The summed E-state index contributed by atoms with van der Waals surface area (Å²) >= 11 is 1.13. The molecule has 1 amide bonds. The van der Waals surface area contributed by atoms with Gasteiger partial charge in [-0.1, -0.05) is 54.2 Å². The topological polar surface area (TPSA) is 54.9 Å². The molecule has 1 aliphatic carbocycles. The maximum absolute atomic E-state index is 13.5. The molecule has 0 saturated heterocycles. The molecule has 0 radical (unpaired) electrons. The lowest BCUT2D eigenvalue weighted by molar-refractivity contribution is -0.136. The van der Waals surface area contributed by atoms with Gasteiger partial charge in [-0.2, -0.15) is 13.2 Å². The van der Waals surface area contributed by atoms with Gasteiger partial charge in [-0.3, -0.25) is 4.79 Å². The first-order valence-electron chi connectivity index (χ1n) is 8.77. The smallest absolute Gasteiger partial charge is 0.353 e. The Hall–Kier alpha value is -2.61. The summed E-state index contributed by atoms with van der Waals surface area (Å²) in [6, 6.07) is 13.0. The lowest BCUT2D eigenvalue weighted by Crippen LogP contribution is -2.27. The Morgan fingerprint density at radius 3 is 2.50 bits per heavy atom. The summed E-state index contributed by atoms with van der Waals surface area (Å²) in [6.07, 6.45) is -2.59. The third-order valence-electron chi connectivity index (χ3n) is 4.31. The van der Waals surface area contributed by atoms with E-state index >= 15 is 0 Å². The van der Waals surface area contributed by atoms with Gasteiger partial charge in [-0.05, 0) is 18.9 Å². The van der Waals surface area contributed by atoms with Crippen molar-refractivity contribution in [3.63, 3.8) is 0 Å². The summed E-state index contributed by atoms with van der Waals surface area (Å²) in [5, 5.41) is 3.52. The van der Waals surface area contributed by atoms with Gasteiger partial charge in [0.15, 0.2) is 5.82 Å². The number of hydrogen-bond donors (Lipinski definition) is 1. The first-order chi connectivity index (χ1) is 13.4. The second-order valence-corrected chi connectivity index (χ2v) is 7.51. The summed E-state index contributed by atoms with van der Waals surface area (Å²) in [4.78, 5) is 20.7. The van der Waals surface area contributed by atoms with E-state index in [-0.39, 0.29) is 29.0 Å². The van der Waals surface area contributed by atoms with Crippen LogP contribution in [0.4, 0.5) is 13.2 Å². The molecule has 2 aromatic carbocycles. The third kappa shape index (κ3) is 4.11. The number of benzene rings is 2. The zero-order valence-corrected chi connectivity index (χ0v) is 15.5. The Balaban J connectivity index is 1.78. The second-order valence-electron chi connectivity index (χ2n) is 6.55. The molecule has 1 N–H and O–H groups in total. The standard InChI is InChI=1S/C20H16F3N3OS/c21-20(22,23)15-8-4-7-14-17(15)25-18(12-5-2-1-3-6-12)26-19(14)28-11-16(27)24-13-9-10-13/h1-8,13H,9-11H2,(H,24,27). The summed E-state index contributed by atoms with van der Waals surface area (Å²) in [5.74, 6) is 0.148. The second kappa shape index (κ2) is 7.43. The van der Waals surface area contributed by atoms with E-state index in [1.165, 1.54) is 6.07 Å². The number of nitrogens with zero attached hydrogens (tertiary/aromatic N) is 2. The molecule has 3 aromatic rings. The van der Waals surface area contributed by atoms with Crippen LogP contribution in [0.3, 0.4) is 0 Å². The van der Waals surface area contributed by atoms with Crippen LogP contribution >= 0.6 is 11.8 Å². The van der Waals surface area contributed by atoms with Crippen LogP contribution in [-0.4, -0.2) is 27.7 Å². The molecule has 1 aromatic heterocycles. The molecule has 1 fully saturated rings. The van der Waals surface area contributed by atoms with Gasteiger partial charge < -0.3 is 5.32 Å². The number of carbonyl (C=O) groups is 1. The first-order valence-corrected chi connectivity index (χ1v) is 9.76. The quantitative estimate of drug-likeness (QED) is 0.496. The van der Waals surface area contributed by atoms with Crippen LogP contribution in [0, 0.1) is 0 Å². The maximum Gasteiger partial charge on any atom is 0.418 e. The van der Waals surface area contributed by atoms with E-state index in [0.29, 0.717) is 16.0 Å². The maximum atomic E-state index is 13.5. The molecule has 0 spiro atoms. The number of rotatable bonds is 5. The van der Waals surface area contributed by atoms with Crippen molar-refractivity contribution in [2.45, 2.75) is 30.1 Å². The van der Waals surface area contributed by atoms with Crippen LogP contribution in [0.5, 0.6) is 0 Å². The van der Waals surface area contributed by atoms with Crippen LogP contribution in [0.2, 0.25) is 0 Å². The molecule has 1 heterocycles. The van der Waals surface area contributed by atoms with Crippen molar-refractivity contribution < 1.29 is 18.0 Å². The van der Waals surface area contributed by atoms with E-state index in [9.17, 15) is 18.0 Å². The molecule has 1 aliphatic rings. The Labute approximate surface area is 163 Å². The van der Waals surface area contributed by atoms with Gasteiger partial charge in [0.2, 0.25) is 5.91 Å². The highest BCUT2D eigenvalue weighted by molar-refractivity contribution is 8.00. The molecule has 0 aliphatic heterocycles. The van der Waals surface area contributed by atoms with Gasteiger partial charge in [0.05, 0.1) is 16.8 Å². The molecular weight excluding hydrogens is 387 g/mol. The van der Waals surface area contributed by atoms with Crippen molar-refractivity contribution in [1.82, 2.24) is 15.3 Å². The number of para-hydroxylation sites is 1. The van der Waals surface area contributed by atoms with Gasteiger partial charge in [0.1, 0.15) is 5.03 Å². The highest BCUT2D eigenvalue weighted by atomic mass is 32.2. The number of amides is 1. The van der Waals surface area contributed by atoms with Crippen molar-refractivity contribution in [2.75, 3.05) is 5.75 Å². The van der Waals surface area contributed by atoms with Crippen LogP contribution < -0.4 is 5.32 Å². The van der Waals surface area contributed by atoms with E-state index in [1.54, 1.807) is 30.3 Å². The molecule has 0 unspecified atom stereocenters. The number of halogens is 3. The van der Waals surface area contributed by atoms with E-state index in [4.69, 9.17) is 0 Å². The van der Waals surface area contributed by atoms with Gasteiger partial charge in [0, 0.05) is 17.0 Å². The lowest BCUT2D eigenvalue weighted by atomic mass is 10.1. The molecular formula is C20H16F3N3OS. The molecule has 144 valence electrons. The molecule has 28 heavy (non-hydrogen) atoms. The zero-order chi connectivity index (χ0) is 19.7. The fraction of sp³-hybridized carbons (Fsp3) is 0.250.